The summed E-state index contributed by atoms with van der Waals surface area (Å²) >= 11 is 21.3. The van der Waals surface area contributed by atoms with Crippen molar-refractivity contribution in [3.63, 3.8) is 0 Å². The second kappa shape index (κ2) is 5.20. The van der Waals surface area contributed by atoms with E-state index in [1.54, 1.807) is 4.72 Å². The molecule has 1 aromatic rings. The first-order valence-electron chi connectivity index (χ1n) is 4.02. The number of sulfonamides is 1. The Labute approximate surface area is 118 Å². The van der Waals surface area contributed by atoms with Gasteiger partial charge in [0.05, 0.1) is 4.90 Å². The lowest BCUT2D eigenvalue weighted by molar-refractivity contribution is -0.118. The number of carbonyl (C=O) groups is 1. The highest BCUT2D eigenvalue weighted by Crippen LogP contribution is 2.26. The van der Waals surface area contributed by atoms with Crippen LogP contribution in [0.3, 0.4) is 0 Å². The van der Waals surface area contributed by atoms with Gasteiger partial charge in [0.25, 0.3) is 19.7 Å². The minimum Gasteiger partial charge on any atom is -0.269 e. The zero-order valence-electron chi connectivity index (χ0n) is 7.95. The van der Waals surface area contributed by atoms with Crippen LogP contribution in [0.1, 0.15) is 0 Å². The molecule has 94 valence electrons. The van der Waals surface area contributed by atoms with Gasteiger partial charge in [-0.3, -0.25) is 4.79 Å². The molecule has 17 heavy (non-hydrogen) atoms. The van der Waals surface area contributed by atoms with E-state index in [-0.39, 0.29) is 4.90 Å². The van der Waals surface area contributed by atoms with E-state index in [0.717, 1.165) is 0 Å². The summed E-state index contributed by atoms with van der Waals surface area (Å²) in [6, 6.07) is 5.15. The molecule has 0 unspecified atom stereocenters. The van der Waals surface area contributed by atoms with Gasteiger partial charge in [-0.25, -0.2) is 13.1 Å². The van der Waals surface area contributed by atoms with Crippen molar-refractivity contribution >= 4 is 62.3 Å². The molecule has 0 spiro atoms. The van der Waals surface area contributed by atoms with Crippen molar-refractivity contribution < 1.29 is 13.2 Å². The maximum absolute atomic E-state index is 11.6. The number of hydrogen-bond acceptors (Lipinski definition) is 3. The van der Waals surface area contributed by atoms with Crippen LogP contribution in [0.4, 0.5) is 0 Å². The first-order valence-corrected chi connectivity index (χ1v) is 7.02. The molecule has 1 N–H and O–H groups in total. The number of nitrogens with one attached hydrogen (secondary N) is 1. The third-order valence-electron chi connectivity index (χ3n) is 1.61. The zero-order chi connectivity index (χ0) is 13.3. The molecule has 0 aliphatic heterocycles. The normalized spacial score (nSPS) is 12.2. The molecule has 1 amide bonds. The SMILES string of the molecule is O=C(NS(=O)(=O)c1ccc(Cl)cc1)C(Cl)(Cl)Cl. The molecule has 1 rings (SSSR count). The van der Waals surface area contributed by atoms with Gasteiger partial charge >= 0.3 is 0 Å². The Balaban J connectivity index is 2.98. The molecule has 0 aromatic heterocycles. The first kappa shape index (κ1) is 14.9. The average molecular weight is 337 g/mol. The minimum absolute atomic E-state index is 0.162. The van der Waals surface area contributed by atoms with E-state index in [9.17, 15) is 13.2 Å². The summed E-state index contributed by atoms with van der Waals surface area (Å²) < 4.78 is 22.6. The lowest BCUT2D eigenvalue weighted by atomic mass is 10.4. The summed E-state index contributed by atoms with van der Waals surface area (Å²) in [4.78, 5) is 11.0. The van der Waals surface area contributed by atoms with Crippen molar-refractivity contribution in [2.75, 3.05) is 0 Å². The van der Waals surface area contributed by atoms with Crippen molar-refractivity contribution in [3.05, 3.63) is 29.3 Å². The molecule has 0 aliphatic rings. The molecular weight excluding hydrogens is 332 g/mol. The Hall–Kier alpha value is -0.200. The van der Waals surface area contributed by atoms with Gasteiger partial charge in [-0.05, 0) is 24.3 Å². The monoisotopic (exact) mass is 335 g/mol. The number of hydrogen-bond donors (Lipinski definition) is 1. The molecule has 0 atom stereocenters. The third-order valence-corrected chi connectivity index (χ3v) is 3.72. The van der Waals surface area contributed by atoms with Gasteiger partial charge < -0.3 is 0 Å². The fourth-order valence-electron chi connectivity index (χ4n) is 0.853. The van der Waals surface area contributed by atoms with E-state index < -0.39 is 19.7 Å². The standard InChI is InChI=1S/C8H5Cl4NO3S/c9-5-1-3-6(4-2-5)17(15,16)13-7(14)8(10,11)12/h1-4H,(H,13,14). The lowest BCUT2D eigenvalue weighted by Crippen LogP contribution is -2.38. The number of alkyl halides is 3. The molecule has 0 heterocycles. The summed E-state index contributed by atoms with van der Waals surface area (Å²) in [5.74, 6) is -1.25. The van der Waals surface area contributed by atoms with Crippen LogP contribution in [0.15, 0.2) is 29.2 Å². The minimum atomic E-state index is -4.07. The molecule has 0 radical (unpaired) electrons. The smallest absolute Gasteiger partial charge is 0.269 e. The predicted molar refractivity (Wildman–Crippen MR) is 67.1 cm³/mol. The van der Waals surface area contributed by atoms with Crippen LogP contribution in [-0.4, -0.2) is 18.1 Å². The van der Waals surface area contributed by atoms with Crippen molar-refractivity contribution in [1.82, 2.24) is 4.72 Å². The predicted octanol–water partition coefficient (Wildman–Crippen LogP) is 2.52. The van der Waals surface area contributed by atoms with Gasteiger partial charge in [0, 0.05) is 5.02 Å². The van der Waals surface area contributed by atoms with Gasteiger partial charge in [0.1, 0.15) is 0 Å². The van der Waals surface area contributed by atoms with Gasteiger partial charge in [-0.15, -0.1) is 0 Å². The summed E-state index contributed by atoms with van der Waals surface area (Å²) in [5.41, 5.74) is 0. The number of benzene rings is 1. The van der Waals surface area contributed by atoms with Crippen molar-refractivity contribution in [2.24, 2.45) is 0 Å². The lowest BCUT2D eigenvalue weighted by Gasteiger charge is -2.11. The van der Waals surface area contributed by atoms with Crippen molar-refractivity contribution in [1.29, 1.82) is 0 Å². The summed E-state index contributed by atoms with van der Waals surface area (Å²) in [7, 11) is -4.07. The maximum atomic E-state index is 11.6. The Morgan fingerprint density at radius 1 is 1.12 bits per heavy atom. The van der Waals surface area contributed by atoms with Gasteiger partial charge in [0.15, 0.2) is 0 Å². The summed E-state index contributed by atoms with van der Waals surface area (Å²) in [6.45, 7) is 0. The average Bonchev–Trinajstić information content (AvgIpc) is 2.16. The van der Waals surface area contributed by atoms with Crippen LogP contribution < -0.4 is 4.72 Å². The second-order valence-corrected chi connectivity index (χ2v) is 7.29. The van der Waals surface area contributed by atoms with Gasteiger partial charge in [-0.1, -0.05) is 46.4 Å². The van der Waals surface area contributed by atoms with Crippen LogP contribution in [0, 0.1) is 0 Å². The third kappa shape index (κ3) is 4.19. The van der Waals surface area contributed by atoms with E-state index in [4.69, 9.17) is 46.4 Å². The highest BCUT2D eigenvalue weighted by molar-refractivity contribution is 7.90. The van der Waals surface area contributed by atoms with Gasteiger partial charge in [-0.2, -0.15) is 0 Å². The van der Waals surface area contributed by atoms with E-state index in [1.165, 1.54) is 24.3 Å². The van der Waals surface area contributed by atoms with E-state index in [1.807, 2.05) is 0 Å². The Morgan fingerprint density at radius 2 is 1.59 bits per heavy atom. The van der Waals surface area contributed by atoms with Crippen LogP contribution in [0.2, 0.25) is 5.02 Å². The molecule has 0 saturated carbocycles. The van der Waals surface area contributed by atoms with Crippen LogP contribution in [0.25, 0.3) is 0 Å². The first-order chi connectivity index (χ1) is 7.63. The van der Waals surface area contributed by atoms with E-state index in [0.29, 0.717) is 5.02 Å². The number of amides is 1. The largest absolute Gasteiger partial charge is 0.285 e. The highest BCUT2D eigenvalue weighted by Gasteiger charge is 2.34. The molecule has 4 nitrogen and oxygen atoms in total. The summed E-state index contributed by atoms with van der Waals surface area (Å²) in [5, 5.41) is 0.358. The Bertz CT molecular complexity index is 521. The second-order valence-electron chi connectivity index (χ2n) is 2.89. The number of halogens is 4. The zero-order valence-corrected chi connectivity index (χ0v) is 11.8. The van der Waals surface area contributed by atoms with Gasteiger partial charge in [0.2, 0.25) is 0 Å². The molecule has 0 aliphatic carbocycles. The topological polar surface area (TPSA) is 63.2 Å². The summed E-state index contributed by atoms with van der Waals surface area (Å²) in [6.07, 6.45) is 0. The molecule has 0 saturated heterocycles. The Kier molecular flexibility index (Phi) is 4.54. The highest BCUT2D eigenvalue weighted by atomic mass is 35.6. The molecule has 9 heteroatoms. The van der Waals surface area contributed by atoms with Crippen molar-refractivity contribution in [2.45, 2.75) is 8.69 Å². The van der Waals surface area contributed by atoms with E-state index >= 15 is 0 Å². The van der Waals surface area contributed by atoms with Crippen molar-refractivity contribution in [3.8, 4) is 0 Å². The molecule has 0 fully saturated rings. The van der Waals surface area contributed by atoms with E-state index in [2.05, 4.69) is 0 Å². The fraction of sp³-hybridized carbons (Fsp3) is 0.125. The quantitative estimate of drug-likeness (QED) is 0.844. The Morgan fingerprint density at radius 3 is 2.00 bits per heavy atom. The molecule has 1 aromatic carbocycles. The number of carbonyl (C=O) groups excluding carboxylic acids is 1. The van der Waals surface area contributed by atoms with Crippen LogP contribution >= 0.6 is 46.4 Å². The number of rotatable bonds is 2. The van der Waals surface area contributed by atoms with Crippen LogP contribution in [-0.2, 0) is 14.8 Å². The maximum Gasteiger partial charge on any atom is 0.285 e. The fourth-order valence-corrected chi connectivity index (χ4v) is 2.30. The van der Waals surface area contributed by atoms with Crippen LogP contribution in [0.5, 0.6) is 0 Å². The molecule has 0 bridgehead atoms. The molecular formula is C8H5Cl4NO3S.